The van der Waals surface area contributed by atoms with Gasteiger partial charge in [0.25, 0.3) is 0 Å². The molecule has 0 aromatic rings. The summed E-state index contributed by atoms with van der Waals surface area (Å²) >= 11 is 0. The summed E-state index contributed by atoms with van der Waals surface area (Å²) in [5, 5.41) is 20.8. The van der Waals surface area contributed by atoms with Crippen molar-refractivity contribution in [2.24, 2.45) is 52.3 Å². The summed E-state index contributed by atoms with van der Waals surface area (Å²) in [6.45, 7) is 11.3. The Morgan fingerprint density at radius 1 is 0.882 bits per heavy atom. The highest BCUT2D eigenvalue weighted by molar-refractivity contribution is 5.08. The molecule has 4 aliphatic carbocycles. The second kappa shape index (κ2) is 9.23. The molecule has 0 bridgehead atoms. The minimum atomic E-state index is -4.50. The Labute approximate surface area is 205 Å². The van der Waals surface area contributed by atoms with E-state index in [1.54, 1.807) is 0 Å². The lowest BCUT2D eigenvalue weighted by Crippen LogP contribution is -2.55. The fourth-order valence-corrected chi connectivity index (χ4v) is 9.38. The van der Waals surface area contributed by atoms with Crippen molar-refractivity contribution in [3.05, 3.63) is 0 Å². The van der Waals surface area contributed by atoms with Gasteiger partial charge < -0.3 is 10.2 Å². The quantitative estimate of drug-likeness (QED) is 0.417. The molecular formula is C29H49F3O2. The molecule has 4 saturated carbocycles. The van der Waals surface area contributed by atoms with Gasteiger partial charge in [-0.25, -0.2) is 0 Å². The van der Waals surface area contributed by atoms with E-state index in [4.69, 9.17) is 0 Å². The largest absolute Gasteiger partial charge is 0.417 e. The molecule has 0 heterocycles. The predicted molar refractivity (Wildman–Crippen MR) is 130 cm³/mol. The zero-order chi connectivity index (χ0) is 25.1. The van der Waals surface area contributed by atoms with E-state index in [0.717, 1.165) is 38.0 Å². The van der Waals surface area contributed by atoms with Crippen molar-refractivity contribution in [3.63, 3.8) is 0 Å². The minimum absolute atomic E-state index is 0.0383. The molecule has 0 spiro atoms. The number of aliphatic hydroxyl groups is 2. The van der Waals surface area contributed by atoms with Crippen LogP contribution in [0, 0.1) is 52.3 Å². The lowest BCUT2D eigenvalue weighted by molar-refractivity contribution is -0.282. The lowest BCUT2D eigenvalue weighted by Gasteiger charge is -2.57. The first-order valence-electron chi connectivity index (χ1n) is 14.1. The summed E-state index contributed by atoms with van der Waals surface area (Å²) in [6, 6.07) is 0. The summed E-state index contributed by atoms with van der Waals surface area (Å²) in [5.41, 5.74) is -2.16. The summed E-state index contributed by atoms with van der Waals surface area (Å²) in [5.74, 6) is 3.74. The van der Waals surface area contributed by atoms with Crippen LogP contribution in [0.3, 0.4) is 0 Å². The highest BCUT2D eigenvalue weighted by atomic mass is 19.4. The van der Waals surface area contributed by atoms with Crippen LogP contribution < -0.4 is 0 Å². The molecule has 2 nitrogen and oxygen atoms in total. The second-order valence-corrected chi connectivity index (χ2v) is 14.2. The topological polar surface area (TPSA) is 40.5 Å². The van der Waals surface area contributed by atoms with Gasteiger partial charge in [0.2, 0.25) is 0 Å². The van der Waals surface area contributed by atoms with Gasteiger partial charge in [-0.2, -0.15) is 13.2 Å². The molecule has 0 aromatic carbocycles. The molecule has 4 rings (SSSR count). The van der Waals surface area contributed by atoms with Gasteiger partial charge in [-0.1, -0.05) is 47.5 Å². The Morgan fingerprint density at radius 3 is 2.21 bits per heavy atom. The molecule has 0 saturated heterocycles. The number of hydrogen-bond acceptors (Lipinski definition) is 2. The van der Waals surface area contributed by atoms with Gasteiger partial charge in [0.05, 0.1) is 6.10 Å². The average molecular weight is 487 g/mol. The molecule has 0 aromatic heterocycles. The molecule has 0 aliphatic heterocycles. The Balaban J connectivity index is 1.38. The molecule has 0 unspecified atom stereocenters. The number of fused-ring (bicyclic) bond motifs is 5. The van der Waals surface area contributed by atoms with Crippen molar-refractivity contribution in [1.29, 1.82) is 0 Å². The molecular weight excluding hydrogens is 437 g/mol. The summed E-state index contributed by atoms with van der Waals surface area (Å²) in [7, 11) is 0. The van der Waals surface area contributed by atoms with Crippen molar-refractivity contribution in [2.45, 2.75) is 130 Å². The predicted octanol–water partition coefficient (Wildman–Crippen LogP) is 7.76. The van der Waals surface area contributed by atoms with E-state index in [1.165, 1.54) is 25.7 Å². The van der Waals surface area contributed by atoms with Gasteiger partial charge >= 0.3 is 6.18 Å². The van der Waals surface area contributed by atoms with Crippen molar-refractivity contribution in [2.75, 3.05) is 0 Å². The van der Waals surface area contributed by atoms with Gasteiger partial charge in [0, 0.05) is 0 Å². The lowest BCUT2D eigenvalue weighted by atomic mass is 9.48. The molecule has 0 radical (unpaired) electrons. The SMILES string of the molecule is C[C@H](CCC[C@H](O)C(C)(C)C)[C@H]1CC[C@H]2[C@@H]3CC[C@H]4C[C@](O)(C(F)(F)F)CC[C@@H]4[C@H]3CC[C@]12C. The summed E-state index contributed by atoms with van der Waals surface area (Å²) in [4.78, 5) is 0. The summed E-state index contributed by atoms with van der Waals surface area (Å²) in [6.07, 6.45) is 5.59. The highest BCUT2D eigenvalue weighted by Gasteiger charge is 2.62. The first kappa shape index (κ1) is 26.8. The molecule has 198 valence electrons. The maximum Gasteiger partial charge on any atom is 0.417 e. The molecule has 10 atom stereocenters. The van der Waals surface area contributed by atoms with Crippen molar-refractivity contribution < 1.29 is 23.4 Å². The van der Waals surface area contributed by atoms with Crippen LogP contribution in [0.25, 0.3) is 0 Å². The van der Waals surface area contributed by atoms with Crippen molar-refractivity contribution in [1.82, 2.24) is 0 Å². The highest BCUT2D eigenvalue weighted by Crippen LogP contribution is 2.66. The van der Waals surface area contributed by atoms with Gasteiger partial charge in [0.1, 0.15) is 0 Å². The zero-order valence-electron chi connectivity index (χ0n) is 22.1. The second-order valence-electron chi connectivity index (χ2n) is 14.2. The first-order valence-corrected chi connectivity index (χ1v) is 14.1. The van der Waals surface area contributed by atoms with E-state index in [2.05, 4.69) is 34.6 Å². The van der Waals surface area contributed by atoms with E-state index in [9.17, 15) is 23.4 Å². The van der Waals surface area contributed by atoms with Crippen LogP contribution in [0.4, 0.5) is 13.2 Å². The maximum atomic E-state index is 13.5. The van der Waals surface area contributed by atoms with Crippen LogP contribution >= 0.6 is 0 Å². The maximum absolute atomic E-state index is 13.5. The van der Waals surface area contributed by atoms with E-state index in [0.29, 0.717) is 41.4 Å². The van der Waals surface area contributed by atoms with Gasteiger partial charge in [-0.05, 0) is 116 Å². The number of aliphatic hydroxyl groups excluding tert-OH is 1. The van der Waals surface area contributed by atoms with Crippen LogP contribution in [0.15, 0.2) is 0 Å². The smallest absolute Gasteiger partial charge is 0.393 e. The molecule has 4 aliphatic rings. The van der Waals surface area contributed by atoms with Gasteiger partial charge in [-0.15, -0.1) is 0 Å². The Hall–Kier alpha value is -0.290. The van der Waals surface area contributed by atoms with Crippen LogP contribution in [-0.4, -0.2) is 28.1 Å². The van der Waals surface area contributed by atoms with E-state index >= 15 is 0 Å². The van der Waals surface area contributed by atoms with Crippen LogP contribution in [-0.2, 0) is 0 Å². The molecule has 2 N–H and O–H groups in total. The summed E-state index contributed by atoms with van der Waals surface area (Å²) < 4.78 is 40.5. The Bertz CT molecular complexity index is 715. The number of halogens is 3. The third kappa shape index (κ3) is 4.71. The normalized spacial score (nSPS) is 44.6. The number of alkyl halides is 3. The van der Waals surface area contributed by atoms with Crippen molar-refractivity contribution in [3.8, 4) is 0 Å². The first-order chi connectivity index (χ1) is 15.7. The fraction of sp³-hybridized carbons (Fsp3) is 1.00. The Kier molecular flexibility index (Phi) is 7.26. The van der Waals surface area contributed by atoms with Gasteiger partial charge in [-0.3, -0.25) is 0 Å². The minimum Gasteiger partial charge on any atom is -0.393 e. The van der Waals surface area contributed by atoms with Crippen LogP contribution in [0.5, 0.6) is 0 Å². The monoisotopic (exact) mass is 486 g/mol. The van der Waals surface area contributed by atoms with E-state index in [1.807, 2.05) is 0 Å². The Morgan fingerprint density at radius 2 is 1.56 bits per heavy atom. The average Bonchev–Trinajstić information content (AvgIpc) is 3.09. The third-order valence-corrected chi connectivity index (χ3v) is 11.4. The zero-order valence-corrected chi connectivity index (χ0v) is 22.1. The molecule has 4 fully saturated rings. The number of hydrogen-bond donors (Lipinski definition) is 2. The molecule has 5 heteroatoms. The fourth-order valence-electron chi connectivity index (χ4n) is 9.38. The van der Waals surface area contributed by atoms with Crippen LogP contribution in [0.2, 0.25) is 0 Å². The van der Waals surface area contributed by atoms with E-state index in [-0.39, 0.29) is 30.3 Å². The van der Waals surface area contributed by atoms with Crippen molar-refractivity contribution >= 4 is 0 Å². The third-order valence-electron chi connectivity index (χ3n) is 11.4. The molecule has 34 heavy (non-hydrogen) atoms. The van der Waals surface area contributed by atoms with Gasteiger partial charge in [0.15, 0.2) is 5.60 Å². The van der Waals surface area contributed by atoms with Crippen LogP contribution in [0.1, 0.15) is 112 Å². The van der Waals surface area contributed by atoms with E-state index < -0.39 is 11.8 Å². The number of rotatable bonds is 5. The molecule has 0 amide bonds. The standard InChI is InChI=1S/C29H49F3O2/c1-18(7-6-8-25(33)26(2,3)4)23-11-12-24-22-10-9-19-17-28(34,29(30,31)32)16-14-20(19)21(22)13-15-27(23,24)5/h18-25,33-34H,6-17H2,1-5H3/t18-,19+,20+,21-,22-,23-,24+,25+,27-,28+/m1/s1.